The first kappa shape index (κ1) is 17.6. The van der Waals surface area contributed by atoms with Crippen LogP contribution in [0.2, 0.25) is 5.02 Å². The monoisotopic (exact) mass is 387 g/mol. The van der Waals surface area contributed by atoms with Crippen LogP contribution in [0, 0.1) is 0 Å². The van der Waals surface area contributed by atoms with E-state index in [9.17, 15) is 13.2 Å². The normalized spacial score (nSPS) is 11.6. The van der Waals surface area contributed by atoms with Crippen molar-refractivity contribution in [2.24, 2.45) is 0 Å². The lowest BCUT2D eigenvalue weighted by molar-refractivity contribution is -0.274. The van der Waals surface area contributed by atoms with E-state index < -0.39 is 6.36 Å². The van der Waals surface area contributed by atoms with Crippen LogP contribution >= 0.6 is 23.2 Å². The van der Waals surface area contributed by atoms with Gasteiger partial charge in [0, 0.05) is 10.6 Å². The molecular formula is C16H10Cl2F3N3O. The van der Waals surface area contributed by atoms with E-state index in [-0.39, 0.29) is 11.6 Å². The quantitative estimate of drug-likeness (QED) is 0.575. The maximum Gasteiger partial charge on any atom is 0.573 e. The highest BCUT2D eigenvalue weighted by Crippen LogP contribution is 2.29. The van der Waals surface area contributed by atoms with Crippen LogP contribution in [0.3, 0.4) is 0 Å². The molecule has 130 valence electrons. The van der Waals surface area contributed by atoms with Crippen LogP contribution in [0.25, 0.3) is 16.9 Å². The summed E-state index contributed by atoms with van der Waals surface area (Å²) in [4.78, 5) is 0. The molecule has 1 heterocycles. The highest BCUT2D eigenvalue weighted by atomic mass is 35.5. The Balaban J connectivity index is 2.02. The Hall–Kier alpha value is -2.25. The van der Waals surface area contributed by atoms with Gasteiger partial charge >= 0.3 is 6.36 Å². The van der Waals surface area contributed by atoms with Gasteiger partial charge in [-0.25, -0.2) is 4.68 Å². The average molecular weight is 388 g/mol. The molecule has 4 nitrogen and oxygen atoms in total. The molecule has 2 aromatic carbocycles. The molecule has 0 N–H and O–H groups in total. The minimum atomic E-state index is -4.74. The largest absolute Gasteiger partial charge is 0.573 e. The van der Waals surface area contributed by atoms with Crippen LogP contribution in [0.4, 0.5) is 13.2 Å². The van der Waals surface area contributed by atoms with Crippen LogP contribution < -0.4 is 4.74 Å². The lowest BCUT2D eigenvalue weighted by Gasteiger charge is -2.11. The molecule has 0 saturated carbocycles. The van der Waals surface area contributed by atoms with Crippen molar-refractivity contribution in [2.75, 3.05) is 0 Å². The second-order valence-electron chi connectivity index (χ2n) is 4.98. The lowest BCUT2D eigenvalue weighted by atomic mass is 10.1. The molecule has 0 amide bonds. The van der Waals surface area contributed by atoms with Crippen molar-refractivity contribution >= 4 is 23.2 Å². The maximum atomic E-state index is 12.3. The summed E-state index contributed by atoms with van der Waals surface area (Å²) >= 11 is 12.0. The molecule has 3 aromatic rings. The first-order valence-electron chi connectivity index (χ1n) is 7.00. The Morgan fingerprint density at radius 2 is 1.80 bits per heavy atom. The van der Waals surface area contributed by atoms with Gasteiger partial charge in [-0.3, -0.25) is 0 Å². The highest BCUT2D eigenvalue weighted by Gasteiger charge is 2.31. The van der Waals surface area contributed by atoms with Gasteiger partial charge in [-0.1, -0.05) is 28.9 Å². The van der Waals surface area contributed by atoms with Crippen molar-refractivity contribution in [3.63, 3.8) is 0 Å². The summed E-state index contributed by atoms with van der Waals surface area (Å²) in [6, 6.07) is 12.3. The molecular weight excluding hydrogens is 378 g/mol. The first-order chi connectivity index (χ1) is 11.9. The van der Waals surface area contributed by atoms with E-state index in [1.165, 1.54) is 28.9 Å². The fourth-order valence-corrected chi connectivity index (χ4v) is 2.67. The van der Waals surface area contributed by atoms with Crippen LogP contribution in [-0.4, -0.2) is 21.4 Å². The zero-order chi connectivity index (χ0) is 18.0. The molecule has 0 atom stereocenters. The standard InChI is InChI=1S/C16H10Cl2F3N3O/c17-9-14-15(10-2-1-3-11(18)8-10)24(23-22-14)12-4-6-13(7-5-12)25-16(19,20)21/h1-8H,9H2. The Kier molecular flexibility index (Phi) is 4.87. The fraction of sp³-hybridized carbons (Fsp3) is 0.125. The second-order valence-corrected chi connectivity index (χ2v) is 5.69. The molecule has 0 radical (unpaired) electrons. The number of alkyl halides is 4. The van der Waals surface area contributed by atoms with Crippen molar-refractivity contribution < 1.29 is 17.9 Å². The number of aromatic nitrogens is 3. The predicted octanol–water partition coefficient (Wildman–Crippen LogP) is 5.23. The third kappa shape index (κ3) is 4.05. The van der Waals surface area contributed by atoms with Gasteiger partial charge in [-0.15, -0.1) is 29.9 Å². The summed E-state index contributed by atoms with van der Waals surface area (Å²) in [7, 11) is 0. The highest BCUT2D eigenvalue weighted by molar-refractivity contribution is 6.30. The van der Waals surface area contributed by atoms with Crippen molar-refractivity contribution in [3.8, 4) is 22.7 Å². The number of hydrogen-bond acceptors (Lipinski definition) is 3. The van der Waals surface area contributed by atoms with Crippen molar-refractivity contribution in [3.05, 3.63) is 59.2 Å². The topological polar surface area (TPSA) is 39.9 Å². The van der Waals surface area contributed by atoms with E-state index in [4.69, 9.17) is 23.2 Å². The van der Waals surface area contributed by atoms with E-state index in [0.29, 0.717) is 22.1 Å². The van der Waals surface area contributed by atoms with E-state index in [1.807, 2.05) is 6.07 Å². The van der Waals surface area contributed by atoms with Gasteiger partial charge < -0.3 is 4.74 Å². The Morgan fingerprint density at radius 3 is 2.40 bits per heavy atom. The molecule has 1 aromatic heterocycles. The zero-order valence-electron chi connectivity index (χ0n) is 12.5. The van der Waals surface area contributed by atoms with Crippen LogP contribution in [0.1, 0.15) is 5.69 Å². The third-order valence-electron chi connectivity index (χ3n) is 3.28. The molecule has 9 heteroatoms. The van der Waals surface area contributed by atoms with Gasteiger partial charge in [0.1, 0.15) is 11.4 Å². The summed E-state index contributed by atoms with van der Waals surface area (Å²) in [5.74, 6) is -0.199. The molecule has 0 saturated heterocycles. The summed E-state index contributed by atoms with van der Waals surface area (Å²) < 4.78 is 42.1. The van der Waals surface area contributed by atoms with E-state index in [0.717, 1.165) is 5.56 Å². The molecule has 0 aliphatic rings. The zero-order valence-corrected chi connectivity index (χ0v) is 14.0. The van der Waals surface area contributed by atoms with Gasteiger partial charge in [0.15, 0.2) is 0 Å². The van der Waals surface area contributed by atoms with Crippen molar-refractivity contribution in [1.29, 1.82) is 0 Å². The average Bonchev–Trinajstić information content (AvgIpc) is 2.98. The number of nitrogens with zero attached hydrogens (tertiary/aromatic N) is 3. The first-order valence-corrected chi connectivity index (χ1v) is 7.91. The van der Waals surface area contributed by atoms with Gasteiger partial charge in [0.05, 0.1) is 17.3 Å². The summed E-state index contributed by atoms with van der Waals surface area (Å²) in [5.41, 5.74) is 2.39. The number of ether oxygens (including phenoxy) is 1. The van der Waals surface area contributed by atoms with Gasteiger partial charge in [0.2, 0.25) is 0 Å². The maximum absolute atomic E-state index is 12.3. The molecule has 0 bridgehead atoms. The minimum Gasteiger partial charge on any atom is -0.406 e. The predicted molar refractivity (Wildman–Crippen MR) is 88.0 cm³/mol. The number of hydrogen-bond donors (Lipinski definition) is 0. The van der Waals surface area contributed by atoms with Crippen LogP contribution in [0.5, 0.6) is 5.75 Å². The number of halogens is 5. The Bertz CT molecular complexity index is 879. The van der Waals surface area contributed by atoms with Gasteiger partial charge in [0.25, 0.3) is 0 Å². The smallest absolute Gasteiger partial charge is 0.406 e. The summed E-state index contributed by atoms with van der Waals surface area (Å²) in [5, 5.41) is 8.60. The Labute approximate surface area is 150 Å². The molecule has 0 spiro atoms. The van der Waals surface area contributed by atoms with Gasteiger partial charge in [-0.05, 0) is 36.4 Å². The van der Waals surface area contributed by atoms with E-state index in [2.05, 4.69) is 15.0 Å². The van der Waals surface area contributed by atoms with Crippen LogP contribution in [0.15, 0.2) is 48.5 Å². The van der Waals surface area contributed by atoms with Gasteiger partial charge in [-0.2, -0.15) is 0 Å². The molecule has 0 aliphatic carbocycles. The minimum absolute atomic E-state index is 0.122. The molecule has 3 rings (SSSR count). The van der Waals surface area contributed by atoms with E-state index in [1.54, 1.807) is 18.2 Å². The summed E-state index contributed by atoms with van der Waals surface area (Å²) in [6.07, 6.45) is -4.74. The summed E-state index contributed by atoms with van der Waals surface area (Å²) in [6.45, 7) is 0. The SMILES string of the molecule is FC(F)(F)Oc1ccc(-n2nnc(CCl)c2-c2cccc(Cl)c2)cc1. The molecule has 0 aliphatic heterocycles. The fourth-order valence-electron chi connectivity index (χ4n) is 2.30. The molecule has 25 heavy (non-hydrogen) atoms. The van der Waals surface area contributed by atoms with Crippen LogP contribution in [-0.2, 0) is 5.88 Å². The number of benzene rings is 2. The van der Waals surface area contributed by atoms with Crippen molar-refractivity contribution in [1.82, 2.24) is 15.0 Å². The van der Waals surface area contributed by atoms with E-state index >= 15 is 0 Å². The molecule has 0 fully saturated rings. The molecule has 0 unspecified atom stereocenters. The van der Waals surface area contributed by atoms with Crippen molar-refractivity contribution in [2.45, 2.75) is 12.2 Å². The Morgan fingerprint density at radius 1 is 1.08 bits per heavy atom. The third-order valence-corrected chi connectivity index (χ3v) is 3.77. The lowest BCUT2D eigenvalue weighted by Crippen LogP contribution is -2.17. The number of rotatable bonds is 4. The second kappa shape index (κ2) is 6.93.